The second kappa shape index (κ2) is 5.29. The molecular weight excluding hydrogens is 254 g/mol. The Labute approximate surface area is 133 Å². The highest BCUT2D eigenvalue weighted by atomic mass is 14.7. The van der Waals surface area contributed by atoms with Gasteiger partial charge in [0.15, 0.2) is 0 Å². The summed E-state index contributed by atoms with van der Waals surface area (Å²) >= 11 is 0. The first-order valence-corrected chi connectivity index (χ1v) is 7.42. The lowest BCUT2D eigenvalue weighted by atomic mass is 9.83. The van der Waals surface area contributed by atoms with E-state index in [0.717, 1.165) is 16.8 Å². The van der Waals surface area contributed by atoms with E-state index in [2.05, 4.69) is 37.9 Å². The van der Waals surface area contributed by atoms with Gasteiger partial charge in [-0.25, -0.2) is 0 Å². The minimum absolute atomic E-state index is 0.0570. The Morgan fingerprint density at radius 3 is 2.24 bits per heavy atom. The third kappa shape index (κ3) is 3.53. The lowest BCUT2D eigenvalue weighted by Crippen LogP contribution is -2.14. The molecule has 0 fully saturated rings. The van der Waals surface area contributed by atoms with Crippen molar-refractivity contribution in [2.45, 2.75) is 59.2 Å². The van der Waals surface area contributed by atoms with Crippen LogP contribution >= 0.6 is 0 Å². The fourth-order valence-corrected chi connectivity index (χ4v) is 2.38. The first-order valence-electron chi connectivity index (χ1n) is 8.92. The van der Waals surface area contributed by atoms with Crippen LogP contribution < -0.4 is 0 Å². The number of hydrogen-bond donors (Lipinski definition) is 0. The SMILES string of the molecule is [2H]C([2H])([2H])c1cnc(-c2cccc(C(C)(C)C)c2)cc1C(C)(C)C. The lowest BCUT2D eigenvalue weighted by Gasteiger charge is -2.23. The van der Waals surface area contributed by atoms with Gasteiger partial charge >= 0.3 is 0 Å². The molecule has 1 aromatic carbocycles. The summed E-state index contributed by atoms with van der Waals surface area (Å²) in [6, 6.07) is 10.3. The molecule has 1 heterocycles. The van der Waals surface area contributed by atoms with Gasteiger partial charge in [0.25, 0.3) is 0 Å². The molecule has 0 amide bonds. The zero-order chi connectivity index (χ0) is 18.3. The maximum Gasteiger partial charge on any atom is 0.0705 e. The van der Waals surface area contributed by atoms with Crippen LogP contribution in [0.5, 0.6) is 0 Å². The average molecular weight is 284 g/mol. The Morgan fingerprint density at radius 1 is 0.952 bits per heavy atom. The monoisotopic (exact) mass is 284 g/mol. The van der Waals surface area contributed by atoms with Crippen LogP contribution in [-0.2, 0) is 10.8 Å². The molecule has 0 aliphatic heterocycles. The average Bonchev–Trinajstić information content (AvgIpc) is 2.44. The van der Waals surface area contributed by atoms with Crippen LogP contribution in [0, 0.1) is 6.85 Å². The molecule has 1 heteroatoms. The maximum atomic E-state index is 7.78. The predicted octanol–water partition coefficient (Wildman–Crippen LogP) is 5.65. The lowest BCUT2D eigenvalue weighted by molar-refractivity contribution is 0.585. The van der Waals surface area contributed by atoms with Crippen LogP contribution in [0.1, 0.15) is 62.3 Å². The molecule has 0 saturated heterocycles. The molecule has 1 aromatic heterocycles. The topological polar surface area (TPSA) is 12.9 Å². The van der Waals surface area contributed by atoms with Crippen molar-refractivity contribution in [1.82, 2.24) is 4.98 Å². The Bertz CT molecular complexity index is 732. The van der Waals surface area contributed by atoms with Crippen molar-refractivity contribution in [1.29, 1.82) is 0 Å². The smallest absolute Gasteiger partial charge is 0.0705 e. The van der Waals surface area contributed by atoms with E-state index < -0.39 is 6.85 Å². The van der Waals surface area contributed by atoms with Crippen molar-refractivity contribution < 1.29 is 4.11 Å². The van der Waals surface area contributed by atoms with Gasteiger partial charge < -0.3 is 0 Å². The van der Waals surface area contributed by atoms with E-state index in [4.69, 9.17) is 4.11 Å². The predicted molar refractivity (Wildman–Crippen MR) is 91.8 cm³/mol. The second-order valence-corrected chi connectivity index (χ2v) is 7.70. The standard InChI is InChI=1S/C20H27N/c1-14-13-21-18(12-17(14)20(5,6)7)15-9-8-10-16(11-15)19(2,3)4/h8-13H,1-7H3/i1D3. The zero-order valence-corrected chi connectivity index (χ0v) is 13.9. The third-order valence-corrected chi connectivity index (χ3v) is 3.74. The van der Waals surface area contributed by atoms with E-state index in [0.29, 0.717) is 5.56 Å². The van der Waals surface area contributed by atoms with Gasteiger partial charge in [-0.05, 0) is 46.5 Å². The van der Waals surface area contributed by atoms with Gasteiger partial charge in [0.05, 0.1) is 5.69 Å². The van der Waals surface area contributed by atoms with Gasteiger partial charge in [-0.1, -0.05) is 59.7 Å². The molecular formula is C20H27N. The summed E-state index contributed by atoms with van der Waals surface area (Å²) in [5, 5.41) is 0. The first-order chi connectivity index (χ1) is 10.8. The molecule has 0 aliphatic carbocycles. The van der Waals surface area contributed by atoms with Gasteiger partial charge in [0, 0.05) is 15.9 Å². The molecule has 112 valence electrons. The molecule has 2 rings (SSSR count). The van der Waals surface area contributed by atoms with Crippen LogP contribution in [-0.4, -0.2) is 4.98 Å². The number of hydrogen-bond acceptors (Lipinski definition) is 1. The largest absolute Gasteiger partial charge is 0.256 e. The normalized spacial score (nSPS) is 15.2. The molecule has 0 bridgehead atoms. The van der Waals surface area contributed by atoms with E-state index in [1.807, 2.05) is 39.0 Å². The molecule has 0 aliphatic rings. The van der Waals surface area contributed by atoms with Crippen LogP contribution in [0.3, 0.4) is 0 Å². The number of pyridine rings is 1. The van der Waals surface area contributed by atoms with Crippen LogP contribution in [0.15, 0.2) is 36.5 Å². The van der Waals surface area contributed by atoms with Gasteiger partial charge in [-0.15, -0.1) is 0 Å². The maximum absolute atomic E-state index is 7.78. The minimum Gasteiger partial charge on any atom is -0.256 e. The molecule has 21 heavy (non-hydrogen) atoms. The van der Waals surface area contributed by atoms with Crippen molar-refractivity contribution >= 4 is 0 Å². The van der Waals surface area contributed by atoms with Crippen molar-refractivity contribution in [2.24, 2.45) is 0 Å². The summed E-state index contributed by atoms with van der Waals surface area (Å²) in [5.41, 5.74) is 4.03. The molecule has 0 spiro atoms. The van der Waals surface area contributed by atoms with E-state index in [9.17, 15) is 0 Å². The molecule has 0 radical (unpaired) electrons. The highest BCUT2D eigenvalue weighted by Gasteiger charge is 2.18. The molecule has 0 N–H and O–H groups in total. The summed E-state index contributed by atoms with van der Waals surface area (Å²) < 4.78 is 23.3. The second-order valence-electron chi connectivity index (χ2n) is 7.70. The van der Waals surface area contributed by atoms with Crippen LogP contribution in [0.2, 0.25) is 0 Å². The van der Waals surface area contributed by atoms with E-state index in [-0.39, 0.29) is 10.8 Å². The fraction of sp³-hybridized carbons (Fsp3) is 0.450. The molecule has 0 saturated carbocycles. The summed E-state index contributed by atoms with van der Waals surface area (Å²) in [6.07, 6.45) is 1.52. The highest BCUT2D eigenvalue weighted by Crippen LogP contribution is 2.31. The molecule has 1 nitrogen and oxygen atoms in total. The van der Waals surface area contributed by atoms with Gasteiger partial charge in [0.1, 0.15) is 0 Å². The van der Waals surface area contributed by atoms with Crippen molar-refractivity contribution in [3.05, 3.63) is 53.2 Å². The van der Waals surface area contributed by atoms with E-state index >= 15 is 0 Å². The highest BCUT2D eigenvalue weighted by molar-refractivity contribution is 5.62. The Morgan fingerprint density at radius 2 is 1.67 bits per heavy atom. The number of nitrogens with zero attached hydrogens (tertiary/aromatic N) is 1. The number of benzene rings is 1. The van der Waals surface area contributed by atoms with Crippen molar-refractivity contribution in [3.63, 3.8) is 0 Å². The summed E-state index contributed by atoms with van der Waals surface area (Å²) in [4.78, 5) is 4.45. The first kappa shape index (κ1) is 12.0. The number of aromatic nitrogens is 1. The summed E-state index contributed by atoms with van der Waals surface area (Å²) in [6.45, 7) is 10.5. The van der Waals surface area contributed by atoms with Gasteiger partial charge in [-0.2, -0.15) is 0 Å². The quantitative estimate of drug-likeness (QED) is 0.659. The minimum atomic E-state index is -2.15. The third-order valence-electron chi connectivity index (χ3n) is 3.74. The van der Waals surface area contributed by atoms with Crippen molar-refractivity contribution in [2.75, 3.05) is 0 Å². The van der Waals surface area contributed by atoms with E-state index in [1.165, 1.54) is 11.8 Å². The zero-order valence-electron chi connectivity index (χ0n) is 16.9. The van der Waals surface area contributed by atoms with Crippen LogP contribution in [0.25, 0.3) is 11.3 Å². The Balaban J connectivity index is 2.62. The van der Waals surface area contributed by atoms with Crippen LogP contribution in [0.4, 0.5) is 0 Å². The van der Waals surface area contributed by atoms with Crippen molar-refractivity contribution in [3.8, 4) is 11.3 Å². The number of rotatable bonds is 1. The number of aryl methyl sites for hydroxylation is 1. The van der Waals surface area contributed by atoms with E-state index in [1.54, 1.807) is 0 Å². The summed E-state index contributed by atoms with van der Waals surface area (Å²) in [7, 11) is 0. The Kier molecular flexibility index (Phi) is 3.01. The molecule has 0 atom stereocenters. The molecule has 0 unspecified atom stereocenters. The fourth-order valence-electron chi connectivity index (χ4n) is 2.38. The molecule has 2 aromatic rings. The summed E-state index contributed by atoms with van der Waals surface area (Å²) in [5.74, 6) is 0. The van der Waals surface area contributed by atoms with Gasteiger partial charge in [-0.3, -0.25) is 4.98 Å². The van der Waals surface area contributed by atoms with Gasteiger partial charge in [0.2, 0.25) is 0 Å². The Hall–Kier alpha value is -1.63.